The van der Waals surface area contributed by atoms with E-state index in [1.165, 1.54) is 17.3 Å². The molecule has 0 radical (unpaired) electrons. The Morgan fingerprint density at radius 2 is 1.81 bits per heavy atom. The van der Waals surface area contributed by atoms with E-state index in [-0.39, 0.29) is 11.8 Å². The van der Waals surface area contributed by atoms with Gasteiger partial charge in [-0.1, -0.05) is 48.0 Å². The number of anilines is 1. The number of carbonyl (C=O) groups excluding carboxylic acids is 2. The molecule has 0 saturated carbocycles. The van der Waals surface area contributed by atoms with Gasteiger partial charge in [-0.15, -0.1) is 11.8 Å². The van der Waals surface area contributed by atoms with Crippen molar-refractivity contribution >= 4 is 29.3 Å². The molecule has 5 nitrogen and oxygen atoms in total. The van der Waals surface area contributed by atoms with Crippen LogP contribution in [0.5, 0.6) is 5.75 Å². The molecule has 162 valence electrons. The molecule has 0 N–H and O–H groups in total. The average molecular weight is 445 g/mol. The van der Waals surface area contributed by atoms with Crippen LogP contribution in [0.15, 0.2) is 72.8 Å². The van der Waals surface area contributed by atoms with E-state index in [2.05, 4.69) is 12.1 Å². The van der Waals surface area contributed by atoms with Crippen molar-refractivity contribution in [1.82, 2.24) is 4.90 Å². The number of hydrogen-bond donors (Lipinski definition) is 0. The van der Waals surface area contributed by atoms with Gasteiger partial charge in [0.2, 0.25) is 0 Å². The minimum absolute atomic E-state index is 0.0758. The summed E-state index contributed by atoms with van der Waals surface area (Å²) in [4.78, 5) is 30.1. The summed E-state index contributed by atoms with van der Waals surface area (Å²) in [5.74, 6) is 1.16. The molecule has 1 fully saturated rings. The average Bonchev–Trinajstić information content (AvgIpc) is 3.37. The van der Waals surface area contributed by atoms with Gasteiger partial charge in [0.1, 0.15) is 5.75 Å². The third kappa shape index (κ3) is 3.17. The van der Waals surface area contributed by atoms with Crippen molar-refractivity contribution in [3.63, 3.8) is 0 Å². The van der Waals surface area contributed by atoms with E-state index in [0.29, 0.717) is 30.2 Å². The Kier molecular flexibility index (Phi) is 5.18. The molecular formula is C26H24N2O3S. The molecule has 2 amide bonds. The van der Waals surface area contributed by atoms with Gasteiger partial charge in [0.05, 0.1) is 19.3 Å². The van der Waals surface area contributed by atoms with E-state index in [1.54, 1.807) is 24.1 Å². The molecule has 0 aromatic heterocycles. The lowest BCUT2D eigenvalue weighted by Gasteiger charge is -2.33. The van der Waals surface area contributed by atoms with Crippen molar-refractivity contribution in [2.75, 3.05) is 24.3 Å². The quantitative estimate of drug-likeness (QED) is 0.591. The maximum atomic E-state index is 14.1. The molecular weight excluding hydrogens is 420 g/mol. The van der Waals surface area contributed by atoms with Crippen LogP contribution >= 0.6 is 11.8 Å². The van der Waals surface area contributed by atoms with E-state index in [4.69, 9.17) is 4.74 Å². The van der Waals surface area contributed by atoms with Crippen LogP contribution < -0.4 is 9.64 Å². The SMILES string of the molecule is COc1ccc2c(c1)[C@@]1(SCCN1C(=O)c1ccccc1)C(=O)N2Cc1ccc(C)cc1. The van der Waals surface area contributed by atoms with Crippen molar-refractivity contribution in [2.24, 2.45) is 0 Å². The van der Waals surface area contributed by atoms with E-state index in [0.717, 1.165) is 16.8 Å². The second-order valence-electron chi connectivity index (χ2n) is 8.08. The Morgan fingerprint density at radius 1 is 1.06 bits per heavy atom. The van der Waals surface area contributed by atoms with Gasteiger partial charge in [-0.25, -0.2) is 0 Å². The highest BCUT2D eigenvalue weighted by Crippen LogP contribution is 2.55. The van der Waals surface area contributed by atoms with Gasteiger partial charge in [-0.3, -0.25) is 9.59 Å². The zero-order valence-corrected chi connectivity index (χ0v) is 18.9. The molecule has 2 aliphatic rings. The lowest BCUT2D eigenvalue weighted by molar-refractivity contribution is -0.123. The summed E-state index contributed by atoms with van der Waals surface area (Å²) >= 11 is 1.53. The third-order valence-corrected chi connectivity index (χ3v) is 7.55. The second kappa shape index (κ2) is 8.02. The van der Waals surface area contributed by atoms with Crippen LogP contribution in [0.3, 0.4) is 0 Å². The van der Waals surface area contributed by atoms with Crippen molar-refractivity contribution < 1.29 is 14.3 Å². The fraction of sp³-hybridized carbons (Fsp3) is 0.231. The summed E-state index contributed by atoms with van der Waals surface area (Å²) < 4.78 is 5.48. The van der Waals surface area contributed by atoms with Crippen LogP contribution in [0.2, 0.25) is 0 Å². The number of amides is 2. The number of nitrogens with zero attached hydrogens (tertiary/aromatic N) is 2. The minimum Gasteiger partial charge on any atom is -0.497 e. The summed E-state index contributed by atoms with van der Waals surface area (Å²) in [5.41, 5.74) is 4.46. The molecule has 2 heterocycles. The van der Waals surface area contributed by atoms with Crippen molar-refractivity contribution in [1.29, 1.82) is 0 Å². The number of ether oxygens (including phenoxy) is 1. The Morgan fingerprint density at radius 3 is 2.53 bits per heavy atom. The van der Waals surface area contributed by atoms with Crippen LogP contribution in [0.25, 0.3) is 0 Å². The smallest absolute Gasteiger partial charge is 0.268 e. The van der Waals surface area contributed by atoms with Gasteiger partial charge in [0, 0.05) is 23.4 Å². The second-order valence-corrected chi connectivity index (χ2v) is 9.36. The van der Waals surface area contributed by atoms with Crippen molar-refractivity contribution in [3.05, 3.63) is 95.1 Å². The number of thioether (sulfide) groups is 1. The number of benzene rings is 3. The van der Waals surface area contributed by atoms with E-state index >= 15 is 0 Å². The van der Waals surface area contributed by atoms with E-state index < -0.39 is 4.87 Å². The molecule has 0 unspecified atom stereocenters. The highest BCUT2D eigenvalue weighted by atomic mass is 32.2. The van der Waals surface area contributed by atoms with Crippen LogP contribution in [0.1, 0.15) is 27.0 Å². The Hall–Kier alpha value is -3.25. The Bertz CT molecular complexity index is 1180. The monoisotopic (exact) mass is 444 g/mol. The topological polar surface area (TPSA) is 49.9 Å². The number of hydrogen-bond acceptors (Lipinski definition) is 4. The largest absolute Gasteiger partial charge is 0.497 e. The predicted octanol–water partition coefficient (Wildman–Crippen LogP) is 4.59. The summed E-state index contributed by atoms with van der Waals surface area (Å²) in [6.07, 6.45) is 0. The first kappa shape index (κ1) is 20.6. The number of aryl methyl sites for hydroxylation is 1. The van der Waals surface area contributed by atoms with Crippen LogP contribution in [-0.4, -0.2) is 36.1 Å². The normalized spacial score (nSPS) is 19.5. The Balaban J connectivity index is 1.61. The van der Waals surface area contributed by atoms with Gasteiger partial charge in [0.25, 0.3) is 11.8 Å². The van der Waals surface area contributed by atoms with Gasteiger partial charge in [0.15, 0.2) is 4.87 Å². The molecule has 1 atom stereocenters. The number of carbonyl (C=O) groups is 2. The van der Waals surface area contributed by atoms with Gasteiger partial charge in [-0.05, 0) is 42.8 Å². The summed E-state index contributed by atoms with van der Waals surface area (Å²) in [6.45, 7) is 3.01. The number of methoxy groups -OCH3 is 1. The molecule has 1 saturated heterocycles. The zero-order chi connectivity index (χ0) is 22.3. The van der Waals surface area contributed by atoms with Crippen LogP contribution in [0.4, 0.5) is 5.69 Å². The van der Waals surface area contributed by atoms with Crippen LogP contribution in [0, 0.1) is 6.92 Å². The summed E-state index contributed by atoms with van der Waals surface area (Å²) in [7, 11) is 1.62. The van der Waals surface area contributed by atoms with E-state index in [1.807, 2.05) is 60.4 Å². The fourth-order valence-corrected chi connectivity index (χ4v) is 5.94. The van der Waals surface area contributed by atoms with Crippen molar-refractivity contribution in [3.8, 4) is 5.75 Å². The van der Waals surface area contributed by atoms with Gasteiger partial charge < -0.3 is 14.5 Å². The first-order valence-corrected chi connectivity index (χ1v) is 11.6. The molecule has 3 aromatic rings. The maximum absolute atomic E-state index is 14.1. The molecule has 5 rings (SSSR count). The summed E-state index contributed by atoms with van der Waals surface area (Å²) in [5, 5.41) is 0. The van der Waals surface area contributed by atoms with Crippen molar-refractivity contribution in [2.45, 2.75) is 18.3 Å². The molecule has 0 bridgehead atoms. The van der Waals surface area contributed by atoms with Crippen LogP contribution in [-0.2, 0) is 16.2 Å². The van der Waals surface area contributed by atoms with Gasteiger partial charge >= 0.3 is 0 Å². The highest BCUT2D eigenvalue weighted by Gasteiger charge is 2.59. The zero-order valence-electron chi connectivity index (χ0n) is 18.1. The lowest BCUT2D eigenvalue weighted by atomic mass is 10.0. The van der Waals surface area contributed by atoms with E-state index in [9.17, 15) is 9.59 Å². The first-order valence-electron chi connectivity index (χ1n) is 10.6. The predicted molar refractivity (Wildman–Crippen MR) is 127 cm³/mol. The number of fused-ring (bicyclic) bond motifs is 2. The third-order valence-electron chi connectivity index (χ3n) is 6.13. The molecule has 32 heavy (non-hydrogen) atoms. The molecule has 1 spiro atoms. The first-order chi connectivity index (χ1) is 15.5. The molecule has 3 aromatic carbocycles. The van der Waals surface area contributed by atoms with Gasteiger partial charge in [-0.2, -0.15) is 0 Å². The lowest BCUT2D eigenvalue weighted by Crippen LogP contribution is -2.50. The molecule has 6 heteroatoms. The Labute approximate surface area is 192 Å². The fourth-order valence-electron chi connectivity index (χ4n) is 4.49. The minimum atomic E-state index is -1.08. The standard InChI is InChI=1S/C26H24N2O3S/c1-18-8-10-19(11-9-18)17-27-23-13-12-21(31-2)16-22(23)26(25(27)30)28(14-15-32-26)24(29)20-6-4-3-5-7-20/h3-13,16H,14-15,17H2,1-2H3/t26-/m1/s1. The molecule has 0 aliphatic carbocycles. The maximum Gasteiger partial charge on any atom is 0.268 e. The molecule has 2 aliphatic heterocycles. The number of rotatable bonds is 4. The summed E-state index contributed by atoms with van der Waals surface area (Å²) in [6, 6.07) is 23.1. The highest BCUT2D eigenvalue weighted by molar-refractivity contribution is 8.01.